The molecule has 0 spiro atoms. The topological polar surface area (TPSA) is 59.9 Å². The van der Waals surface area contributed by atoms with Crippen LogP contribution in [0.15, 0.2) is 169 Å². The Bertz CT molecular complexity index is 1890. The van der Waals surface area contributed by atoms with Crippen molar-refractivity contribution >= 4 is 17.4 Å². The Hall–Kier alpha value is -5.62. The number of fused-ring (bicyclic) bond motifs is 1. The zero-order valence-corrected chi connectivity index (χ0v) is 27.5. The van der Waals surface area contributed by atoms with Gasteiger partial charge in [-0.05, 0) is 47.7 Å². The second-order valence-electron chi connectivity index (χ2n) is 12.2. The lowest BCUT2D eigenvalue weighted by molar-refractivity contribution is -0.136. The van der Waals surface area contributed by atoms with E-state index in [0.29, 0.717) is 25.4 Å². The molecule has 6 aromatic carbocycles. The Morgan fingerprint density at radius 2 is 1.12 bits per heavy atom. The number of aliphatic imine (C=N–C) groups is 1. The largest absolute Gasteiger partial charge is 0.425 e. The summed E-state index contributed by atoms with van der Waals surface area (Å²) < 4.78 is 12.1. The van der Waals surface area contributed by atoms with Crippen LogP contribution in [0.2, 0.25) is 0 Å². The molecule has 0 bridgehead atoms. The van der Waals surface area contributed by atoms with Crippen molar-refractivity contribution in [1.82, 2.24) is 5.32 Å². The third-order valence-corrected chi connectivity index (χ3v) is 9.05. The van der Waals surface area contributed by atoms with E-state index in [4.69, 9.17) is 14.5 Å². The van der Waals surface area contributed by atoms with E-state index in [1.165, 1.54) is 0 Å². The molecule has 5 nitrogen and oxygen atoms in total. The summed E-state index contributed by atoms with van der Waals surface area (Å²) in [4.78, 5) is 19.3. The monoisotopic (exact) mass is 642 g/mol. The predicted octanol–water partition coefficient (Wildman–Crippen LogP) is 8.80. The van der Waals surface area contributed by atoms with Gasteiger partial charge in [0.2, 0.25) is 0 Å². The van der Waals surface area contributed by atoms with Crippen LogP contribution in [0.25, 0.3) is 0 Å². The quantitative estimate of drug-likeness (QED) is 0.0702. The molecule has 49 heavy (non-hydrogen) atoms. The molecule has 1 N–H and O–H groups in total. The SMILES string of the molecule is C[C@H](NC(c1ccccc1)(c1ccccc1)c1ccccc1)C(=O)Oc1ccc(N=C(c2ccccc2)c2ccccc2)c2c1COCC2. The van der Waals surface area contributed by atoms with Crippen LogP contribution in [0.4, 0.5) is 5.69 Å². The van der Waals surface area contributed by atoms with Gasteiger partial charge in [0.25, 0.3) is 0 Å². The van der Waals surface area contributed by atoms with Gasteiger partial charge < -0.3 is 9.47 Å². The molecular weight excluding hydrogens is 604 g/mol. The van der Waals surface area contributed by atoms with Gasteiger partial charge in [-0.15, -0.1) is 0 Å². The van der Waals surface area contributed by atoms with E-state index in [9.17, 15) is 4.79 Å². The molecule has 7 rings (SSSR count). The highest BCUT2D eigenvalue weighted by molar-refractivity contribution is 6.14. The first-order valence-electron chi connectivity index (χ1n) is 16.7. The van der Waals surface area contributed by atoms with Crippen LogP contribution in [0.5, 0.6) is 5.75 Å². The fourth-order valence-corrected chi connectivity index (χ4v) is 6.65. The van der Waals surface area contributed by atoms with Crippen LogP contribution in [-0.2, 0) is 28.1 Å². The molecule has 6 aromatic rings. The highest BCUT2D eigenvalue weighted by Crippen LogP contribution is 2.38. The van der Waals surface area contributed by atoms with E-state index in [2.05, 4.69) is 66.0 Å². The number of nitrogens with one attached hydrogen (secondary N) is 1. The van der Waals surface area contributed by atoms with Crippen molar-refractivity contribution in [2.45, 2.75) is 31.5 Å². The smallest absolute Gasteiger partial charge is 0.328 e. The number of carbonyl (C=O) groups is 1. The fraction of sp³-hybridized carbons (Fsp3) is 0.136. The van der Waals surface area contributed by atoms with Gasteiger partial charge in [-0.1, -0.05) is 152 Å². The van der Waals surface area contributed by atoms with Crippen LogP contribution in [0.3, 0.4) is 0 Å². The molecule has 1 atom stereocenters. The Labute approximate surface area is 287 Å². The highest BCUT2D eigenvalue weighted by Gasteiger charge is 2.39. The van der Waals surface area contributed by atoms with Gasteiger partial charge in [-0.2, -0.15) is 0 Å². The standard InChI is InChI=1S/C44H38N2O3/c1-32(46-44(35-21-11-4-12-22-35,36-23-13-5-14-24-36)37-25-15-6-16-26-37)43(47)49-41-28-27-40(38-29-30-48-31-39(38)41)45-42(33-17-7-2-8-18-33)34-19-9-3-10-20-34/h2-28,32,46H,29-31H2,1H3/t32-/m0/s1. The van der Waals surface area contributed by atoms with Crippen LogP contribution in [0.1, 0.15) is 45.9 Å². The molecule has 0 fully saturated rings. The minimum atomic E-state index is -0.811. The van der Waals surface area contributed by atoms with E-state index in [1.54, 1.807) is 0 Å². The molecule has 1 aliphatic heterocycles. The lowest BCUT2D eigenvalue weighted by atomic mass is 9.76. The number of benzene rings is 6. The maximum absolute atomic E-state index is 14.0. The fourth-order valence-electron chi connectivity index (χ4n) is 6.65. The van der Waals surface area contributed by atoms with Crippen molar-refractivity contribution < 1.29 is 14.3 Å². The second-order valence-corrected chi connectivity index (χ2v) is 12.2. The third-order valence-electron chi connectivity index (χ3n) is 9.05. The Morgan fingerprint density at radius 3 is 1.61 bits per heavy atom. The van der Waals surface area contributed by atoms with Crippen molar-refractivity contribution in [1.29, 1.82) is 0 Å². The summed E-state index contributed by atoms with van der Waals surface area (Å²) in [5.74, 6) is 0.114. The molecule has 0 radical (unpaired) electrons. The number of nitrogens with zero attached hydrogens (tertiary/aromatic N) is 1. The van der Waals surface area contributed by atoms with E-state index < -0.39 is 11.6 Å². The summed E-state index contributed by atoms with van der Waals surface area (Å²) >= 11 is 0. The van der Waals surface area contributed by atoms with Gasteiger partial charge in [0, 0.05) is 16.7 Å². The average Bonchev–Trinajstić information content (AvgIpc) is 3.18. The van der Waals surface area contributed by atoms with E-state index >= 15 is 0 Å². The number of rotatable bonds is 10. The third kappa shape index (κ3) is 6.72. The van der Waals surface area contributed by atoms with Crippen LogP contribution in [0, 0.1) is 0 Å². The Morgan fingerprint density at radius 1 is 0.653 bits per heavy atom. The maximum atomic E-state index is 14.0. The summed E-state index contributed by atoms with van der Waals surface area (Å²) in [6.07, 6.45) is 0.670. The van der Waals surface area contributed by atoms with E-state index in [-0.39, 0.29) is 5.97 Å². The van der Waals surface area contributed by atoms with Crippen LogP contribution >= 0.6 is 0 Å². The highest BCUT2D eigenvalue weighted by atomic mass is 16.5. The van der Waals surface area contributed by atoms with Crippen LogP contribution in [-0.4, -0.2) is 24.3 Å². The van der Waals surface area contributed by atoms with Crippen molar-refractivity contribution in [3.8, 4) is 5.75 Å². The van der Waals surface area contributed by atoms with Gasteiger partial charge >= 0.3 is 5.97 Å². The van der Waals surface area contributed by atoms with Crippen molar-refractivity contribution in [3.05, 3.63) is 203 Å². The predicted molar refractivity (Wildman–Crippen MR) is 195 cm³/mol. The Balaban J connectivity index is 1.24. The van der Waals surface area contributed by atoms with Crippen LogP contribution < -0.4 is 10.1 Å². The number of hydrogen-bond donors (Lipinski definition) is 1. The zero-order valence-electron chi connectivity index (χ0n) is 27.5. The minimum Gasteiger partial charge on any atom is -0.425 e. The molecule has 0 unspecified atom stereocenters. The molecule has 0 aromatic heterocycles. The van der Waals surface area contributed by atoms with E-state index in [0.717, 1.165) is 50.3 Å². The number of esters is 1. The molecule has 242 valence electrons. The van der Waals surface area contributed by atoms with E-state index in [1.807, 2.05) is 110 Å². The van der Waals surface area contributed by atoms with Gasteiger partial charge in [-0.25, -0.2) is 9.79 Å². The summed E-state index contributed by atoms with van der Waals surface area (Å²) in [5, 5.41) is 3.73. The molecule has 0 saturated heterocycles. The van der Waals surface area contributed by atoms with Gasteiger partial charge in [-0.3, -0.25) is 5.32 Å². The van der Waals surface area contributed by atoms with Crippen molar-refractivity contribution in [3.63, 3.8) is 0 Å². The normalized spacial score (nSPS) is 13.2. The first kappa shape index (κ1) is 32.0. The summed E-state index contributed by atoms with van der Waals surface area (Å²) in [5.41, 5.74) is 7.94. The summed E-state index contributed by atoms with van der Waals surface area (Å²) in [7, 11) is 0. The number of ether oxygens (including phenoxy) is 2. The van der Waals surface area contributed by atoms with Gasteiger partial charge in [0.1, 0.15) is 11.8 Å². The maximum Gasteiger partial charge on any atom is 0.328 e. The molecule has 5 heteroatoms. The second kappa shape index (κ2) is 14.7. The molecular formula is C44H38N2O3. The molecule has 0 saturated carbocycles. The lowest BCUT2D eigenvalue weighted by Gasteiger charge is -2.39. The van der Waals surface area contributed by atoms with Crippen molar-refractivity contribution in [2.24, 2.45) is 4.99 Å². The lowest BCUT2D eigenvalue weighted by Crippen LogP contribution is -2.52. The van der Waals surface area contributed by atoms with Crippen molar-refractivity contribution in [2.75, 3.05) is 6.61 Å². The van der Waals surface area contributed by atoms with Gasteiger partial charge in [0.15, 0.2) is 0 Å². The molecule has 0 amide bonds. The number of hydrogen-bond acceptors (Lipinski definition) is 5. The average molecular weight is 643 g/mol. The molecule has 1 aliphatic rings. The summed E-state index contributed by atoms with van der Waals surface area (Å²) in [6, 6.07) is 54.3. The zero-order chi connectivity index (χ0) is 33.5. The number of carbonyl (C=O) groups excluding carboxylic acids is 1. The minimum absolute atomic E-state index is 0.344. The summed E-state index contributed by atoms with van der Waals surface area (Å²) in [6.45, 7) is 2.78. The Kier molecular flexibility index (Phi) is 9.55. The first-order chi connectivity index (χ1) is 24.1. The first-order valence-corrected chi connectivity index (χ1v) is 16.7. The molecule has 1 heterocycles. The van der Waals surface area contributed by atoms with Gasteiger partial charge in [0.05, 0.1) is 30.2 Å². The molecule has 0 aliphatic carbocycles.